The van der Waals surface area contributed by atoms with Gasteiger partial charge < -0.3 is 48.5 Å². The SMILES string of the molecule is C.CCO.Clc1nc(-c2ccnnc2)nc2ccccc12.Fc1ccc(Nc2nc(-c3ccnnc3)nc3ccccc23)cc1F.NC(=O)c1ccccc1N.NC(=O)c1ccccc1NC(=O)c1ccnnc1.O=C(O)c1ccnnc1.O=P(Cl)(Cl)Cl.O=c1[nH]c(-c2ccnnc2)nc2ccccc12.[Na+].[OH-]. The molecule has 38 heteroatoms. The van der Waals surface area contributed by atoms with Crippen LogP contribution in [0.25, 0.3) is 66.9 Å². The van der Waals surface area contributed by atoms with Crippen molar-refractivity contribution in [3.8, 4) is 34.2 Å². The number of aliphatic hydroxyl groups is 1. The van der Waals surface area contributed by atoms with Crippen LogP contribution in [-0.4, -0.2) is 127 Å². The second-order valence-corrected chi connectivity index (χ2v) is 26.9. The number of benzene rings is 6. The number of primary amides is 2. The minimum Gasteiger partial charge on any atom is -0.870 e. The van der Waals surface area contributed by atoms with Gasteiger partial charge in [-0.3, -0.25) is 23.7 Å². The average Bonchev–Trinajstić information content (AvgIpc) is 1.01. The maximum absolute atomic E-state index is 13.5. The molecule has 14 aromatic rings. The Morgan fingerprint density at radius 3 is 1.43 bits per heavy atom. The van der Waals surface area contributed by atoms with E-state index < -0.39 is 34.6 Å². The van der Waals surface area contributed by atoms with Gasteiger partial charge in [0.25, 0.3) is 23.3 Å². The molecule has 0 saturated carbocycles. The number of rotatable bonds is 10. The minimum absolute atomic E-state index is 0. The standard InChI is InChI=1S/C18H11F2N5.C12H7ClN4.C12H10N4O2.C12H8N4O.C7H8N2O.C5H4N2O2.C2H6O.CH4.Cl3OP.Na.H2O/c19-14-6-5-12(9-15(14)20)23-18-13-3-1-2-4-16(13)24-17(25-18)11-7-8-21-22-10-11;13-11-9-3-1-2-4-10(9)16-12(17-11)8-5-6-14-15-7-8;13-11(17)9-3-1-2-4-10(9)16-12(18)8-5-6-14-15-7-8;17-12-9-3-1-2-4-10(9)15-11(16-12)8-5-6-13-14-7-8;8-6-4-2-1-3-5(6)7(9)10;8-5(9)4-1-2-6-7-3-4;1-2-3;;1-5(2,3)4;;/h1-10H,(H,23,24,25);1-7H;1-7H,(H2,13,17)(H,16,18);1-7H,(H,15,16,17);1-4H,8H2,(H2,9,10);1-3H,(H,8,9);3H,2H2,1H3;1H4;;;1H2/q;;;;;;;;;+1;/p-1. The van der Waals surface area contributed by atoms with Crippen LogP contribution in [0.4, 0.5) is 31.7 Å². The van der Waals surface area contributed by atoms with Crippen LogP contribution in [0, 0.1) is 11.6 Å². The number of hydrogen-bond acceptors (Lipinski definition) is 25. The Morgan fingerprint density at radius 1 is 0.533 bits per heavy atom. The van der Waals surface area contributed by atoms with E-state index in [0.717, 1.165) is 45.1 Å². The van der Waals surface area contributed by atoms with Gasteiger partial charge in [0, 0.05) is 51.5 Å². The number of H-pyrrole nitrogens is 1. The number of halogens is 6. The number of nitrogens with zero attached hydrogens (tertiary/aromatic N) is 15. The molecule has 6 aromatic carbocycles. The second-order valence-electron chi connectivity index (χ2n) is 19.9. The third-order valence-corrected chi connectivity index (χ3v) is 13.1. The van der Waals surface area contributed by atoms with E-state index in [4.69, 9.17) is 39.0 Å². The van der Waals surface area contributed by atoms with E-state index in [2.05, 4.69) is 125 Å². The van der Waals surface area contributed by atoms with Crippen LogP contribution in [0.3, 0.4) is 0 Å². The number of fused-ring (bicyclic) bond motifs is 3. The monoisotopic (exact) mass is 1560 g/mol. The summed E-state index contributed by atoms with van der Waals surface area (Å²) in [5.74, 6) is -2.27. The third kappa shape index (κ3) is 28.3. The van der Waals surface area contributed by atoms with Gasteiger partial charge in [-0.1, -0.05) is 79.7 Å². The van der Waals surface area contributed by atoms with E-state index in [0.29, 0.717) is 73.1 Å². The molecule has 0 fully saturated rings. The van der Waals surface area contributed by atoms with Gasteiger partial charge in [-0.2, -0.15) is 51.0 Å². The fourth-order valence-corrected chi connectivity index (χ4v) is 8.48. The average molecular weight is 1560 g/mol. The number of carbonyl (C=O) groups is 4. The molecule has 0 aliphatic rings. The molecule has 0 aliphatic heterocycles. The first-order valence-electron chi connectivity index (χ1n) is 29.6. The fourth-order valence-electron chi connectivity index (χ4n) is 8.24. The molecule has 0 saturated heterocycles. The van der Waals surface area contributed by atoms with Crippen LogP contribution in [0.1, 0.15) is 55.8 Å². The number of carboxylic acids is 1. The van der Waals surface area contributed by atoms with Crippen LogP contribution < -0.4 is 63.0 Å². The number of nitrogens with one attached hydrogen (secondary N) is 3. The Kier molecular flexibility index (Phi) is 36.6. The predicted molar refractivity (Wildman–Crippen MR) is 399 cm³/mol. The Hall–Kier alpha value is -11.8. The number of hydrogen-bond donors (Lipinski definition) is 8. The zero-order valence-corrected chi connectivity index (χ0v) is 61.0. The van der Waals surface area contributed by atoms with Gasteiger partial charge in [0.05, 0.1) is 112 Å². The van der Waals surface area contributed by atoms with E-state index in [1.54, 1.807) is 117 Å². The number of para-hydroxylation sites is 5. The molecule has 542 valence electrons. The number of aromatic amines is 1. The molecular weight excluding hydrogens is 1500 g/mol. The predicted octanol–water partition coefficient (Wildman–Crippen LogP) is 9.87. The summed E-state index contributed by atoms with van der Waals surface area (Å²) in [5.41, 5.74) is 22.3. The summed E-state index contributed by atoms with van der Waals surface area (Å²) >= 11 is 20.0. The molecule has 0 atom stereocenters. The van der Waals surface area contributed by atoms with Gasteiger partial charge in [-0.05, 0) is 144 Å². The Labute approximate surface area is 648 Å². The fraction of sp³-hybridized carbons (Fsp3) is 0.0435. The van der Waals surface area contributed by atoms with E-state index >= 15 is 0 Å². The van der Waals surface area contributed by atoms with Crippen LogP contribution in [0.5, 0.6) is 0 Å². The van der Waals surface area contributed by atoms with Gasteiger partial charge in [0.15, 0.2) is 23.3 Å². The molecule has 3 amide bonds. The smallest absolute Gasteiger partial charge is 0.870 e. The molecular formula is C69H59Cl4F2N21NaO9P. The van der Waals surface area contributed by atoms with E-state index in [-0.39, 0.29) is 71.7 Å². The molecule has 14 rings (SSSR count). The number of aromatic nitrogens is 16. The minimum atomic E-state index is -3.22. The summed E-state index contributed by atoms with van der Waals surface area (Å²) in [7, 11) is 0. The van der Waals surface area contributed by atoms with E-state index in [1.807, 2.05) is 66.7 Å². The van der Waals surface area contributed by atoms with Crippen LogP contribution in [-0.2, 0) is 4.57 Å². The molecule has 0 aliphatic carbocycles. The first-order valence-corrected chi connectivity index (χ1v) is 34.4. The number of amides is 3. The molecule has 8 aromatic heterocycles. The van der Waals surface area contributed by atoms with Crippen molar-refractivity contribution in [1.29, 1.82) is 0 Å². The molecule has 0 spiro atoms. The number of aromatic carboxylic acids is 1. The van der Waals surface area contributed by atoms with Crippen molar-refractivity contribution < 1.29 is 77.8 Å². The Bertz CT molecular complexity index is 5310. The molecule has 0 radical (unpaired) electrons. The first kappa shape index (κ1) is 87.6. The van der Waals surface area contributed by atoms with Gasteiger partial charge in [-0.25, -0.2) is 38.5 Å². The molecule has 30 nitrogen and oxygen atoms in total. The van der Waals surface area contributed by atoms with Crippen molar-refractivity contribution in [2.45, 2.75) is 14.4 Å². The van der Waals surface area contributed by atoms with Crippen molar-refractivity contribution >= 4 is 130 Å². The number of carbonyl (C=O) groups excluding carboxylic acids is 3. The van der Waals surface area contributed by atoms with Crippen LogP contribution in [0.15, 0.2) is 237 Å². The van der Waals surface area contributed by atoms with Crippen molar-refractivity contribution in [1.82, 2.24) is 80.9 Å². The maximum Gasteiger partial charge on any atom is 1.00 e. The summed E-state index contributed by atoms with van der Waals surface area (Å²) in [6.07, 6.45) is 14.7. The van der Waals surface area contributed by atoms with Crippen molar-refractivity contribution in [2.75, 3.05) is 23.0 Å². The number of nitrogen functional groups attached to an aromatic ring is 1. The van der Waals surface area contributed by atoms with E-state index in [9.17, 15) is 37.3 Å². The van der Waals surface area contributed by atoms with Crippen molar-refractivity contribution in [2.24, 2.45) is 11.5 Å². The number of aliphatic hydroxyl groups excluding tert-OH is 1. The molecule has 0 bridgehead atoms. The summed E-state index contributed by atoms with van der Waals surface area (Å²) in [6.45, 7) is 1.93. The zero-order chi connectivity index (χ0) is 75.0. The zero-order valence-electron chi connectivity index (χ0n) is 55.1. The maximum atomic E-state index is 13.5. The molecule has 0 unspecified atom stereocenters. The van der Waals surface area contributed by atoms with Crippen molar-refractivity contribution in [3.05, 3.63) is 281 Å². The largest absolute Gasteiger partial charge is 1.00 e. The Morgan fingerprint density at radius 2 is 0.963 bits per heavy atom. The second kappa shape index (κ2) is 44.8. The quantitative estimate of drug-likeness (QED) is 0.0273. The van der Waals surface area contributed by atoms with Gasteiger partial charge in [-0.15, -0.1) is 0 Å². The molecule has 12 N–H and O–H groups in total. The van der Waals surface area contributed by atoms with Gasteiger partial charge >= 0.3 is 40.7 Å². The molecule has 107 heavy (non-hydrogen) atoms. The third-order valence-electron chi connectivity index (χ3n) is 12.8. The van der Waals surface area contributed by atoms with Crippen LogP contribution in [0.2, 0.25) is 5.15 Å². The van der Waals surface area contributed by atoms with Crippen LogP contribution >= 0.6 is 50.5 Å². The van der Waals surface area contributed by atoms with Crippen molar-refractivity contribution in [3.63, 3.8) is 0 Å². The Balaban J connectivity index is 0.000000271. The number of anilines is 4. The molecule has 8 heterocycles. The normalized spacial score (nSPS) is 9.87. The van der Waals surface area contributed by atoms with Gasteiger partial charge in [0.1, 0.15) is 16.8 Å². The van der Waals surface area contributed by atoms with Gasteiger partial charge in [0.2, 0.25) is 0 Å². The summed E-state index contributed by atoms with van der Waals surface area (Å²) in [6, 6.07) is 47.3. The van der Waals surface area contributed by atoms with E-state index in [1.165, 1.54) is 43.0 Å². The first-order chi connectivity index (χ1) is 50.0. The number of carboxylic acid groups (broad SMARTS) is 1. The number of nitrogens with two attached hydrogens (primary N) is 3. The summed E-state index contributed by atoms with van der Waals surface area (Å²) < 4.78 is 36.1. The topological polar surface area (TPSA) is 484 Å². The summed E-state index contributed by atoms with van der Waals surface area (Å²) in [4.78, 5) is 80.4. The summed E-state index contributed by atoms with van der Waals surface area (Å²) in [5, 5.41) is 57.4.